The molecular weight excluding hydrogens is 262 g/mol. The van der Waals surface area contributed by atoms with Crippen LogP contribution in [0.1, 0.15) is 51.7 Å². The van der Waals surface area contributed by atoms with Crippen LogP contribution in [0.3, 0.4) is 0 Å². The predicted molar refractivity (Wildman–Crippen MR) is 88.2 cm³/mol. The number of carboxylic acid groups (broad SMARTS) is 1. The Morgan fingerprint density at radius 2 is 1.71 bits per heavy atom. The van der Waals surface area contributed by atoms with E-state index >= 15 is 0 Å². The zero-order valence-electron chi connectivity index (χ0n) is 13.7. The summed E-state index contributed by atoms with van der Waals surface area (Å²) in [5.41, 5.74) is 2.60. The molecule has 0 aliphatic rings. The van der Waals surface area contributed by atoms with Crippen LogP contribution in [0.5, 0.6) is 0 Å². The first-order chi connectivity index (χ1) is 9.81. The number of hydrogen-bond acceptors (Lipinski definition) is 2. The van der Waals surface area contributed by atoms with Crippen molar-refractivity contribution in [2.45, 2.75) is 53.0 Å². The van der Waals surface area contributed by atoms with Crippen LogP contribution < -0.4 is 0 Å². The number of rotatable bonds is 7. The number of benzene rings is 1. The molecule has 0 fully saturated rings. The van der Waals surface area contributed by atoms with E-state index in [0.29, 0.717) is 5.92 Å². The molecule has 3 nitrogen and oxygen atoms in total. The summed E-state index contributed by atoms with van der Waals surface area (Å²) < 4.78 is 0. The lowest BCUT2D eigenvalue weighted by molar-refractivity contribution is -0.139. The van der Waals surface area contributed by atoms with Crippen LogP contribution in [0.4, 0.5) is 0 Å². The van der Waals surface area contributed by atoms with Crippen molar-refractivity contribution in [3.05, 3.63) is 35.4 Å². The number of nitrogens with zero attached hydrogens (tertiary/aromatic N) is 1. The van der Waals surface area contributed by atoms with Crippen LogP contribution in [-0.2, 0) is 11.2 Å². The molecule has 1 aromatic carbocycles. The number of carboxylic acids is 1. The molecule has 1 N–H and O–H groups in total. The SMILES string of the molecule is CC(/C=N/C(C(=O)O)C(C)C)Cc1ccc(C(C)C)cc1. The fourth-order valence-corrected chi connectivity index (χ4v) is 2.22. The molecule has 0 saturated carbocycles. The van der Waals surface area contributed by atoms with Gasteiger partial charge in [0.05, 0.1) is 0 Å². The molecule has 2 atom stereocenters. The maximum absolute atomic E-state index is 11.1. The Morgan fingerprint density at radius 1 is 1.14 bits per heavy atom. The van der Waals surface area contributed by atoms with E-state index in [4.69, 9.17) is 5.11 Å². The lowest BCUT2D eigenvalue weighted by Gasteiger charge is -2.13. The molecule has 21 heavy (non-hydrogen) atoms. The van der Waals surface area contributed by atoms with E-state index in [-0.39, 0.29) is 11.8 Å². The summed E-state index contributed by atoms with van der Waals surface area (Å²) in [6, 6.07) is 7.99. The van der Waals surface area contributed by atoms with Gasteiger partial charge in [-0.15, -0.1) is 0 Å². The fourth-order valence-electron chi connectivity index (χ4n) is 2.22. The fraction of sp³-hybridized carbons (Fsp3) is 0.556. The van der Waals surface area contributed by atoms with Crippen molar-refractivity contribution in [3.8, 4) is 0 Å². The van der Waals surface area contributed by atoms with Crippen LogP contribution in [0.25, 0.3) is 0 Å². The maximum atomic E-state index is 11.1. The van der Waals surface area contributed by atoms with E-state index in [1.165, 1.54) is 11.1 Å². The quantitative estimate of drug-likeness (QED) is 0.766. The van der Waals surface area contributed by atoms with E-state index in [1.54, 1.807) is 6.21 Å². The van der Waals surface area contributed by atoms with Crippen LogP contribution >= 0.6 is 0 Å². The van der Waals surface area contributed by atoms with Crippen molar-refractivity contribution in [2.75, 3.05) is 0 Å². The summed E-state index contributed by atoms with van der Waals surface area (Å²) in [6.45, 7) is 10.2. The summed E-state index contributed by atoms with van der Waals surface area (Å²) in [7, 11) is 0. The highest BCUT2D eigenvalue weighted by atomic mass is 16.4. The van der Waals surface area contributed by atoms with Gasteiger partial charge in [-0.1, -0.05) is 58.9 Å². The van der Waals surface area contributed by atoms with Crippen molar-refractivity contribution >= 4 is 12.2 Å². The molecule has 2 unspecified atom stereocenters. The summed E-state index contributed by atoms with van der Waals surface area (Å²) in [6.07, 6.45) is 2.67. The van der Waals surface area contributed by atoms with Crippen LogP contribution in [-0.4, -0.2) is 23.3 Å². The molecule has 0 bridgehead atoms. The number of aliphatic carboxylic acids is 1. The molecule has 0 heterocycles. The second-order valence-corrected chi connectivity index (χ2v) is 6.40. The molecule has 116 valence electrons. The minimum atomic E-state index is -0.852. The summed E-state index contributed by atoms with van der Waals surface area (Å²) in [5, 5.41) is 9.12. The zero-order valence-corrected chi connectivity index (χ0v) is 13.7. The van der Waals surface area contributed by atoms with Crippen LogP contribution in [0.2, 0.25) is 0 Å². The van der Waals surface area contributed by atoms with Crippen LogP contribution in [0.15, 0.2) is 29.3 Å². The third kappa shape index (κ3) is 5.70. The van der Waals surface area contributed by atoms with Gasteiger partial charge in [0.15, 0.2) is 0 Å². The molecule has 0 saturated heterocycles. The lowest BCUT2D eigenvalue weighted by Crippen LogP contribution is -2.24. The van der Waals surface area contributed by atoms with E-state index in [9.17, 15) is 4.79 Å². The molecule has 0 aliphatic heterocycles. The first-order valence-electron chi connectivity index (χ1n) is 7.66. The van der Waals surface area contributed by atoms with Gasteiger partial charge in [0.1, 0.15) is 6.04 Å². The van der Waals surface area contributed by atoms with E-state index in [0.717, 1.165) is 6.42 Å². The molecule has 0 amide bonds. The Kier molecular flexibility index (Phi) is 6.60. The molecule has 3 heteroatoms. The van der Waals surface area contributed by atoms with Crippen molar-refractivity contribution in [1.29, 1.82) is 0 Å². The van der Waals surface area contributed by atoms with Gasteiger partial charge < -0.3 is 5.11 Å². The van der Waals surface area contributed by atoms with Gasteiger partial charge in [-0.05, 0) is 35.3 Å². The smallest absolute Gasteiger partial charge is 0.328 e. The maximum Gasteiger partial charge on any atom is 0.328 e. The average Bonchev–Trinajstić information content (AvgIpc) is 2.38. The van der Waals surface area contributed by atoms with E-state index < -0.39 is 12.0 Å². The first kappa shape index (κ1) is 17.4. The third-order valence-electron chi connectivity index (χ3n) is 3.59. The van der Waals surface area contributed by atoms with Gasteiger partial charge in [0.25, 0.3) is 0 Å². The largest absolute Gasteiger partial charge is 0.480 e. The highest BCUT2D eigenvalue weighted by Crippen LogP contribution is 2.16. The molecule has 0 aromatic heterocycles. The number of aliphatic imine (C=N–C) groups is 1. The molecule has 0 spiro atoms. The van der Waals surface area contributed by atoms with E-state index in [2.05, 4.69) is 50.0 Å². The number of hydrogen-bond donors (Lipinski definition) is 1. The minimum absolute atomic E-state index is 0.0104. The molecule has 1 aromatic rings. The topological polar surface area (TPSA) is 49.7 Å². The van der Waals surface area contributed by atoms with Crippen LogP contribution in [0, 0.1) is 11.8 Å². The van der Waals surface area contributed by atoms with Gasteiger partial charge in [-0.25, -0.2) is 4.79 Å². The Balaban J connectivity index is 2.64. The first-order valence-corrected chi connectivity index (χ1v) is 7.66. The van der Waals surface area contributed by atoms with E-state index in [1.807, 2.05) is 13.8 Å². The second kappa shape index (κ2) is 7.96. The standard InChI is InChI=1S/C18H27NO2/c1-12(2)16-8-6-15(7-9-16)10-14(5)11-19-17(13(3)4)18(20)21/h6-9,11-14,17H,10H2,1-5H3,(H,20,21)/b19-11+. The van der Waals surface area contributed by atoms with Gasteiger partial charge >= 0.3 is 5.97 Å². The zero-order chi connectivity index (χ0) is 16.0. The lowest BCUT2D eigenvalue weighted by atomic mass is 9.97. The molecule has 1 rings (SSSR count). The third-order valence-corrected chi connectivity index (χ3v) is 3.59. The summed E-state index contributed by atoms with van der Waals surface area (Å²) >= 11 is 0. The average molecular weight is 289 g/mol. The van der Waals surface area contributed by atoms with Crippen molar-refractivity contribution in [3.63, 3.8) is 0 Å². The highest BCUT2D eigenvalue weighted by Gasteiger charge is 2.19. The van der Waals surface area contributed by atoms with Gasteiger partial charge in [0.2, 0.25) is 0 Å². The monoisotopic (exact) mass is 289 g/mol. The van der Waals surface area contributed by atoms with Gasteiger partial charge in [-0.3, -0.25) is 4.99 Å². The Bertz CT molecular complexity index is 474. The highest BCUT2D eigenvalue weighted by molar-refractivity contribution is 5.76. The molecule has 0 aliphatic carbocycles. The second-order valence-electron chi connectivity index (χ2n) is 6.40. The normalized spacial score (nSPS) is 14.8. The Hall–Kier alpha value is -1.64. The van der Waals surface area contributed by atoms with Crippen molar-refractivity contribution in [1.82, 2.24) is 0 Å². The Morgan fingerprint density at radius 3 is 2.14 bits per heavy atom. The van der Waals surface area contributed by atoms with Gasteiger partial charge in [-0.2, -0.15) is 0 Å². The number of carbonyl (C=O) groups is 1. The Labute approximate surface area is 128 Å². The van der Waals surface area contributed by atoms with Gasteiger partial charge in [0, 0.05) is 6.21 Å². The van der Waals surface area contributed by atoms with Crippen molar-refractivity contribution < 1.29 is 9.90 Å². The summed E-state index contributed by atoms with van der Waals surface area (Å²) in [4.78, 5) is 15.3. The predicted octanol–water partition coefficient (Wildman–Crippen LogP) is 4.17. The molecule has 0 radical (unpaired) electrons. The van der Waals surface area contributed by atoms with Crippen molar-refractivity contribution in [2.24, 2.45) is 16.8 Å². The molecular formula is C18H27NO2. The minimum Gasteiger partial charge on any atom is -0.480 e. The summed E-state index contributed by atoms with van der Waals surface area (Å²) in [5.74, 6) is -0.0677.